The van der Waals surface area contributed by atoms with E-state index in [1.165, 1.54) is 17.0 Å². The number of aromatic hydroxyl groups is 1. The summed E-state index contributed by atoms with van der Waals surface area (Å²) in [4.78, 5) is 21.7. The first-order valence-corrected chi connectivity index (χ1v) is 11.3. The molecule has 9 nitrogen and oxygen atoms in total. The van der Waals surface area contributed by atoms with Gasteiger partial charge >= 0.3 is 5.69 Å². The Hall–Kier alpha value is -3.40. The Morgan fingerprint density at radius 2 is 2.00 bits per heavy atom. The fraction of sp³-hybridized carbons (Fsp3) is 0.458. The molecule has 0 saturated carbocycles. The zero-order valence-electron chi connectivity index (χ0n) is 19.7. The molecule has 5 rings (SSSR count). The van der Waals surface area contributed by atoms with Crippen molar-refractivity contribution in [2.24, 2.45) is 7.05 Å². The molecule has 1 aromatic carbocycles. The smallest absolute Gasteiger partial charge is 0.350 e. The van der Waals surface area contributed by atoms with Gasteiger partial charge in [0.05, 0.1) is 11.7 Å². The van der Waals surface area contributed by atoms with Crippen LogP contribution in [0.25, 0.3) is 22.6 Å². The lowest BCUT2D eigenvalue weighted by Crippen LogP contribution is -2.65. The first-order valence-electron chi connectivity index (χ1n) is 11.3. The summed E-state index contributed by atoms with van der Waals surface area (Å²) in [6, 6.07) is 8.14. The lowest BCUT2D eigenvalue weighted by Gasteiger charge is -2.47. The van der Waals surface area contributed by atoms with Crippen LogP contribution in [0.2, 0.25) is 0 Å². The third kappa shape index (κ3) is 3.71. The van der Waals surface area contributed by atoms with Crippen molar-refractivity contribution >= 4 is 5.82 Å². The van der Waals surface area contributed by atoms with Crippen LogP contribution < -0.4 is 15.9 Å². The summed E-state index contributed by atoms with van der Waals surface area (Å²) < 4.78 is 16.7. The molecule has 10 heteroatoms. The Morgan fingerprint density at radius 3 is 2.68 bits per heavy atom. The van der Waals surface area contributed by atoms with E-state index in [0.29, 0.717) is 29.1 Å². The number of benzene rings is 1. The van der Waals surface area contributed by atoms with E-state index >= 15 is 4.39 Å². The second-order valence-corrected chi connectivity index (χ2v) is 9.97. The van der Waals surface area contributed by atoms with E-state index in [2.05, 4.69) is 32.4 Å². The molecule has 0 spiro atoms. The van der Waals surface area contributed by atoms with E-state index in [1.54, 1.807) is 31.3 Å². The topological polar surface area (TPSA) is 109 Å². The number of aryl methyl sites for hydroxylation is 1. The molecule has 2 aliphatic rings. The molecule has 178 valence electrons. The van der Waals surface area contributed by atoms with Crippen LogP contribution in [0.5, 0.6) is 5.75 Å². The lowest BCUT2D eigenvalue weighted by atomic mass is 9.82. The number of fused-ring (bicyclic) bond motifs is 2. The van der Waals surface area contributed by atoms with Crippen LogP contribution in [-0.2, 0) is 7.05 Å². The molecule has 0 amide bonds. The van der Waals surface area contributed by atoms with Gasteiger partial charge in [-0.1, -0.05) is 6.07 Å². The average Bonchev–Trinajstić information content (AvgIpc) is 3.09. The van der Waals surface area contributed by atoms with Crippen molar-refractivity contribution in [3.05, 3.63) is 47.1 Å². The first-order chi connectivity index (χ1) is 16.1. The Balaban J connectivity index is 1.38. The Morgan fingerprint density at radius 1 is 1.21 bits per heavy atom. The van der Waals surface area contributed by atoms with Crippen molar-refractivity contribution in [1.29, 1.82) is 0 Å². The molecule has 2 N–H and O–H groups in total. The van der Waals surface area contributed by atoms with Gasteiger partial charge in [0.25, 0.3) is 0 Å². The molecule has 2 saturated heterocycles. The van der Waals surface area contributed by atoms with Gasteiger partial charge in [0.15, 0.2) is 11.6 Å². The molecule has 2 aromatic heterocycles. The molecular formula is C24H28FN7O2. The van der Waals surface area contributed by atoms with Crippen molar-refractivity contribution in [3.8, 4) is 28.4 Å². The molecule has 0 unspecified atom stereocenters. The lowest BCUT2D eigenvalue weighted by molar-refractivity contribution is 0.0859. The molecule has 2 fully saturated rings. The van der Waals surface area contributed by atoms with Gasteiger partial charge in [-0.05, 0) is 57.4 Å². The Bertz CT molecular complexity index is 1300. The number of phenolic OH excluding ortho intramolecular Hbond substituents is 1. The minimum Gasteiger partial charge on any atom is -0.507 e. The second kappa shape index (κ2) is 7.83. The number of hydrogen-bond donors (Lipinski definition) is 2. The van der Waals surface area contributed by atoms with Crippen LogP contribution in [0.4, 0.5) is 10.2 Å². The number of nitrogens with one attached hydrogen (secondary N) is 1. The van der Waals surface area contributed by atoms with Crippen LogP contribution in [0.15, 0.2) is 41.5 Å². The highest BCUT2D eigenvalue weighted by atomic mass is 19.1. The maximum Gasteiger partial charge on any atom is 0.350 e. The highest BCUT2D eigenvalue weighted by Crippen LogP contribution is 2.45. The number of nitrogens with zero attached hydrogens (tertiary/aromatic N) is 6. The highest BCUT2D eigenvalue weighted by molar-refractivity contribution is 5.72. The van der Waals surface area contributed by atoms with Crippen molar-refractivity contribution in [2.75, 3.05) is 11.9 Å². The zero-order chi connectivity index (χ0) is 24.3. The van der Waals surface area contributed by atoms with Gasteiger partial charge < -0.3 is 15.3 Å². The SMILES string of the molecule is CN(c1ccc(-c2ccc(-c3ncn(C)c(=O)n3)cc2O)nn1)[C@H]1C[C@]2(C)CC[C@@](C)(N2)[C@H]1F. The van der Waals surface area contributed by atoms with Crippen molar-refractivity contribution in [1.82, 2.24) is 30.0 Å². The van der Waals surface area contributed by atoms with Crippen molar-refractivity contribution in [2.45, 2.75) is 56.4 Å². The molecule has 2 aliphatic heterocycles. The summed E-state index contributed by atoms with van der Waals surface area (Å²) in [6.45, 7) is 4.12. The average molecular weight is 466 g/mol. The van der Waals surface area contributed by atoms with Gasteiger partial charge in [-0.25, -0.2) is 14.2 Å². The molecule has 4 atom stereocenters. The van der Waals surface area contributed by atoms with E-state index in [-0.39, 0.29) is 23.2 Å². The fourth-order valence-electron chi connectivity index (χ4n) is 5.28. The van der Waals surface area contributed by atoms with E-state index < -0.39 is 17.4 Å². The van der Waals surface area contributed by atoms with E-state index in [0.717, 1.165) is 12.8 Å². The van der Waals surface area contributed by atoms with Gasteiger partial charge in [0.1, 0.15) is 18.2 Å². The molecule has 0 aliphatic carbocycles. The summed E-state index contributed by atoms with van der Waals surface area (Å²) in [6.07, 6.45) is 2.82. The summed E-state index contributed by atoms with van der Waals surface area (Å²) in [5, 5.41) is 22.7. The number of hydrogen-bond acceptors (Lipinski definition) is 8. The van der Waals surface area contributed by atoms with Gasteiger partial charge in [-0.3, -0.25) is 4.57 Å². The maximum absolute atomic E-state index is 15.4. The largest absolute Gasteiger partial charge is 0.507 e. The minimum absolute atomic E-state index is 0.0308. The number of piperidine rings is 1. The zero-order valence-corrected chi connectivity index (χ0v) is 19.7. The van der Waals surface area contributed by atoms with Gasteiger partial charge in [0, 0.05) is 36.3 Å². The number of alkyl halides is 1. The van der Waals surface area contributed by atoms with Gasteiger partial charge in [0.2, 0.25) is 0 Å². The van der Waals surface area contributed by atoms with Gasteiger partial charge in [-0.2, -0.15) is 4.98 Å². The summed E-state index contributed by atoms with van der Waals surface area (Å²) in [5.41, 5.74) is 0.438. The third-order valence-electron chi connectivity index (χ3n) is 7.29. The predicted molar refractivity (Wildman–Crippen MR) is 126 cm³/mol. The number of rotatable bonds is 4. The molecular weight excluding hydrogens is 437 g/mol. The Labute approximate surface area is 196 Å². The van der Waals surface area contributed by atoms with Crippen LogP contribution >= 0.6 is 0 Å². The molecule has 0 radical (unpaired) electrons. The molecule has 2 bridgehead atoms. The quantitative estimate of drug-likeness (QED) is 0.605. The third-order valence-corrected chi connectivity index (χ3v) is 7.29. The minimum atomic E-state index is -1.02. The summed E-state index contributed by atoms with van der Waals surface area (Å²) >= 11 is 0. The Kier molecular flexibility index (Phi) is 5.16. The number of halogens is 1. The molecule has 34 heavy (non-hydrogen) atoms. The summed E-state index contributed by atoms with van der Waals surface area (Å²) in [7, 11) is 3.42. The number of phenols is 1. The first kappa shape index (κ1) is 22.4. The van der Waals surface area contributed by atoms with E-state index in [1.807, 2.05) is 18.9 Å². The monoisotopic (exact) mass is 465 g/mol. The molecule has 4 heterocycles. The normalized spacial score (nSPS) is 28.1. The second-order valence-electron chi connectivity index (χ2n) is 9.97. The number of aromatic nitrogens is 5. The van der Waals surface area contributed by atoms with Gasteiger partial charge in [-0.15, -0.1) is 10.2 Å². The van der Waals surface area contributed by atoms with Crippen molar-refractivity contribution < 1.29 is 9.50 Å². The van der Waals surface area contributed by atoms with E-state index in [4.69, 9.17) is 0 Å². The van der Waals surface area contributed by atoms with Crippen LogP contribution in [0.3, 0.4) is 0 Å². The maximum atomic E-state index is 15.4. The molecule has 3 aromatic rings. The van der Waals surface area contributed by atoms with Crippen molar-refractivity contribution in [3.63, 3.8) is 0 Å². The predicted octanol–water partition coefficient (Wildman–Crippen LogP) is 2.45. The fourth-order valence-corrected chi connectivity index (χ4v) is 5.28. The van der Waals surface area contributed by atoms with Crippen LogP contribution in [0.1, 0.15) is 33.1 Å². The summed E-state index contributed by atoms with van der Waals surface area (Å²) in [5.74, 6) is 0.776. The number of anilines is 1. The standard InChI is InChI=1S/C24H28FN7O2/c1-23-9-10-24(2,30-23)20(25)17(12-23)32(4)19-8-7-16(28-29-19)15-6-5-14(11-18(15)33)21-26-13-31(3)22(34)27-21/h5-8,11,13,17,20,30,33H,9-10,12H2,1-4H3/t17-,20-,23-,24+/m0/s1. The van der Waals surface area contributed by atoms with Crippen LogP contribution in [0, 0.1) is 0 Å². The van der Waals surface area contributed by atoms with E-state index in [9.17, 15) is 9.90 Å². The highest BCUT2D eigenvalue weighted by Gasteiger charge is 2.56. The van der Waals surface area contributed by atoms with Crippen LogP contribution in [-0.4, -0.2) is 60.2 Å².